The van der Waals surface area contributed by atoms with Gasteiger partial charge in [0.15, 0.2) is 0 Å². The average molecular weight is 372 g/mol. The second kappa shape index (κ2) is 8.56. The molecular weight excluding hydrogens is 356 g/mol. The number of carboxylic acids is 2. The van der Waals surface area contributed by atoms with Gasteiger partial charge in [-0.2, -0.15) is 0 Å². The molecule has 0 aliphatic carbocycles. The standard InChI is InChI=1S/C18H16N2O7/c1-11(17(21)22)16(18(23)24)19-14-8-7-13(9-15(14)20(25)26)27-10-12-5-3-2-4-6-12/h2-9,11H,10H2,1H3,(H,21,22)(H,23,24). The molecule has 1 atom stereocenters. The number of nitro groups is 1. The highest BCUT2D eigenvalue weighted by Crippen LogP contribution is 2.32. The number of carbonyl (C=O) groups is 2. The van der Waals surface area contributed by atoms with Gasteiger partial charge in [0.25, 0.3) is 5.69 Å². The van der Waals surface area contributed by atoms with Gasteiger partial charge in [0.05, 0.1) is 11.0 Å². The van der Waals surface area contributed by atoms with Gasteiger partial charge < -0.3 is 14.9 Å². The molecule has 0 saturated carbocycles. The first-order valence-corrected chi connectivity index (χ1v) is 7.79. The minimum absolute atomic E-state index is 0.192. The fourth-order valence-corrected chi connectivity index (χ4v) is 2.15. The zero-order valence-electron chi connectivity index (χ0n) is 14.2. The van der Waals surface area contributed by atoms with Crippen molar-refractivity contribution in [3.63, 3.8) is 0 Å². The Morgan fingerprint density at radius 3 is 2.41 bits per heavy atom. The van der Waals surface area contributed by atoms with E-state index in [0.717, 1.165) is 18.6 Å². The minimum atomic E-state index is -1.57. The van der Waals surface area contributed by atoms with Crippen LogP contribution in [0.1, 0.15) is 12.5 Å². The van der Waals surface area contributed by atoms with Gasteiger partial charge in [0.2, 0.25) is 0 Å². The van der Waals surface area contributed by atoms with Crippen molar-refractivity contribution in [3.8, 4) is 5.75 Å². The Morgan fingerprint density at radius 2 is 1.85 bits per heavy atom. The molecule has 0 bridgehead atoms. The number of hydrogen-bond donors (Lipinski definition) is 2. The van der Waals surface area contributed by atoms with Crippen LogP contribution in [0.4, 0.5) is 11.4 Å². The van der Waals surface area contributed by atoms with E-state index in [1.54, 1.807) is 0 Å². The number of hydrogen-bond acceptors (Lipinski definition) is 6. The molecule has 0 aliphatic rings. The third kappa shape index (κ3) is 5.11. The van der Waals surface area contributed by atoms with Crippen molar-refractivity contribution in [1.82, 2.24) is 0 Å². The predicted molar refractivity (Wildman–Crippen MR) is 95.4 cm³/mol. The summed E-state index contributed by atoms with van der Waals surface area (Å²) < 4.78 is 5.51. The predicted octanol–water partition coefficient (Wildman–Crippen LogP) is 3.05. The molecule has 0 aliphatic heterocycles. The number of ether oxygens (including phenoxy) is 1. The van der Waals surface area contributed by atoms with E-state index in [2.05, 4.69) is 4.99 Å². The molecule has 0 spiro atoms. The molecular formula is C18H16N2O7. The van der Waals surface area contributed by atoms with Crippen molar-refractivity contribution in [2.45, 2.75) is 13.5 Å². The third-order valence-electron chi connectivity index (χ3n) is 3.63. The van der Waals surface area contributed by atoms with E-state index in [1.807, 2.05) is 30.3 Å². The molecule has 9 heteroatoms. The summed E-state index contributed by atoms with van der Waals surface area (Å²) in [5, 5.41) is 29.5. The van der Waals surface area contributed by atoms with Crippen LogP contribution in [0, 0.1) is 16.0 Å². The first-order chi connectivity index (χ1) is 12.8. The third-order valence-corrected chi connectivity index (χ3v) is 3.63. The summed E-state index contributed by atoms with van der Waals surface area (Å²) in [6.07, 6.45) is 0. The van der Waals surface area contributed by atoms with Crippen molar-refractivity contribution >= 4 is 29.0 Å². The zero-order chi connectivity index (χ0) is 20.0. The van der Waals surface area contributed by atoms with Crippen LogP contribution in [0.3, 0.4) is 0 Å². The molecule has 0 aromatic heterocycles. The number of rotatable bonds is 8. The lowest BCUT2D eigenvalue weighted by Crippen LogP contribution is -2.27. The van der Waals surface area contributed by atoms with Crippen molar-refractivity contribution < 1.29 is 29.5 Å². The highest BCUT2D eigenvalue weighted by atomic mass is 16.6. The molecule has 2 aromatic carbocycles. The number of nitrogens with zero attached hydrogens (tertiary/aromatic N) is 2. The van der Waals surface area contributed by atoms with E-state index in [4.69, 9.17) is 14.9 Å². The number of carboxylic acid groups (broad SMARTS) is 2. The summed E-state index contributed by atoms with van der Waals surface area (Å²) in [4.78, 5) is 36.6. The Hall–Kier alpha value is -3.75. The summed E-state index contributed by atoms with van der Waals surface area (Å²) in [5.74, 6) is -4.20. The van der Waals surface area contributed by atoms with Crippen LogP contribution in [-0.4, -0.2) is 32.8 Å². The maximum atomic E-state index is 11.3. The van der Waals surface area contributed by atoms with Crippen molar-refractivity contribution in [3.05, 3.63) is 64.2 Å². The Labute approximate surface area is 153 Å². The minimum Gasteiger partial charge on any atom is -0.489 e. The number of nitro benzene ring substituents is 1. The molecule has 0 radical (unpaired) electrons. The molecule has 27 heavy (non-hydrogen) atoms. The SMILES string of the molecule is CC(C(=O)O)C(=Nc1ccc(OCc2ccccc2)cc1[N+](=O)[O-])C(=O)O. The molecule has 0 amide bonds. The van der Waals surface area contributed by atoms with Crippen LogP contribution in [0.25, 0.3) is 0 Å². The Kier molecular flexibility index (Phi) is 6.21. The summed E-state index contributed by atoms with van der Waals surface area (Å²) in [6.45, 7) is 1.33. The van der Waals surface area contributed by atoms with E-state index >= 15 is 0 Å². The fraction of sp³-hybridized carbons (Fsp3) is 0.167. The largest absolute Gasteiger partial charge is 0.489 e. The van der Waals surface area contributed by atoms with Crippen LogP contribution in [-0.2, 0) is 16.2 Å². The lowest BCUT2D eigenvalue weighted by atomic mass is 10.1. The quantitative estimate of drug-likeness (QED) is 0.412. The van der Waals surface area contributed by atoms with Crippen LogP contribution < -0.4 is 4.74 Å². The Balaban J connectivity index is 2.34. The van der Waals surface area contributed by atoms with Gasteiger partial charge in [-0.25, -0.2) is 9.79 Å². The average Bonchev–Trinajstić information content (AvgIpc) is 2.64. The summed E-state index contributed by atoms with van der Waals surface area (Å²) in [7, 11) is 0. The van der Waals surface area contributed by atoms with Crippen LogP contribution >= 0.6 is 0 Å². The van der Waals surface area contributed by atoms with Crippen molar-refractivity contribution in [2.24, 2.45) is 10.9 Å². The van der Waals surface area contributed by atoms with E-state index < -0.39 is 34.2 Å². The molecule has 9 nitrogen and oxygen atoms in total. The van der Waals surface area contributed by atoms with Gasteiger partial charge in [0.1, 0.15) is 29.7 Å². The molecule has 2 aromatic rings. The van der Waals surface area contributed by atoms with E-state index in [1.165, 1.54) is 12.1 Å². The molecule has 140 valence electrons. The van der Waals surface area contributed by atoms with Gasteiger partial charge in [-0.15, -0.1) is 0 Å². The smallest absolute Gasteiger partial charge is 0.351 e. The molecule has 2 rings (SSSR count). The van der Waals surface area contributed by atoms with E-state index in [0.29, 0.717) is 0 Å². The van der Waals surface area contributed by atoms with E-state index in [-0.39, 0.29) is 18.0 Å². The summed E-state index contributed by atoms with van der Waals surface area (Å²) >= 11 is 0. The summed E-state index contributed by atoms with van der Waals surface area (Å²) in [6, 6.07) is 12.9. The van der Waals surface area contributed by atoms with Crippen molar-refractivity contribution in [2.75, 3.05) is 0 Å². The van der Waals surface area contributed by atoms with Gasteiger partial charge in [-0.05, 0) is 24.6 Å². The lowest BCUT2D eigenvalue weighted by Gasteiger charge is -2.09. The second-order valence-corrected chi connectivity index (χ2v) is 5.54. The highest BCUT2D eigenvalue weighted by Gasteiger charge is 2.26. The normalized spacial score (nSPS) is 12.3. The topological polar surface area (TPSA) is 139 Å². The van der Waals surface area contributed by atoms with E-state index in [9.17, 15) is 19.7 Å². The van der Waals surface area contributed by atoms with Gasteiger partial charge in [-0.3, -0.25) is 14.9 Å². The van der Waals surface area contributed by atoms with Gasteiger partial charge in [-0.1, -0.05) is 30.3 Å². The van der Waals surface area contributed by atoms with Crippen LogP contribution in [0.15, 0.2) is 53.5 Å². The zero-order valence-corrected chi connectivity index (χ0v) is 14.2. The first kappa shape index (κ1) is 19.6. The number of aliphatic carboxylic acids is 2. The molecule has 2 N–H and O–H groups in total. The maximum Gasteiger partial charge on any atom is 0.351 e. The van der Waals surface area contributed by atoms with Crippen LogP contribution in [0.2, 0.25) is 0 Å². The van der Waals surface area contributed by atoms with Gasteiger partial charge >= 0.3 is 11.9 Å². The molecule has 0 saturated heterocycles. The maximum absolute atomic E-state index is 11.3. The Morgan fingerprint density at radius 1 is 1.19 bits per heavy atom. The number of aliphatic imine (C=N–C) groups is 1. The monoisotopic (exact) mass is 372 g/mol. The second-order valence-electron chi connectivity index (χ2n) is 5.54. The molecule has 0 heterocycles. The summed E-state index contributed by atoms with van der Waals surface area (Å²) in [5.41, 5.74) is -0.594. The van der Waals surface area contributed by atoms with Crippen molar-refractivity contribution in [1.29, 1.82) is 0 Å². The molecule has 1 unspecified atom stereocenters. The lowest BCUT2D eigenvalue weighted by molar-refractivity contribution is -0.384. The fourth-order valence-electron chi connectivity index (χ4n) is 2.15. The number of benzene rings is 2. The van der Waals surface area contributed by atoms with Crippen LogP contribution in [0.5, 0.6) is 5.75 Å². The first-order valence-electron chi connectivity index (χ1n) is 7.79. The molecule has 0 fully saturated rings. The highest BCUT2D eigenvalue weighted by molar-refractivity contribution is 6.40. The van der Waals surface area contributed by atoms with Gasteiger partial charge in [0, 0.05) is 0 Å². The Bertz CT molecular complexity index is 894.